The molecular weight excluding hydrogens is 304 g/mol. The highest BCUT2D eigenvalue weighted by atomic mass is 35.5. The molecule has 0 radical (unpaired) electrons. The van der Waals surface area contributed by atoms with Crippen LogP contribution in [0.1, 0.15) is 16.7 Å². The zero-order valence-electron chi connectivity index (χ0n) is 12.2. The van der Waals surface area contributed by atoms with E-state index in [1.807, 2.05) is 19.1 Å². The van der Waals surface area contributed by atoms with Crippen molar-refractivity contribution in [2.24, 2.45) is 0 Å². The number of carboxylic acid groups (broad SMARTS) is 1. The first-order valence-electron chi connectivity index (χ1n) is 6.81. The molecule has 0 spiro atoms. The molecule has 0 unspecified atom stereocenters. The topological polar surface area (TPSA) is 73.4 Å². The average molecular weight is 321 g/mol. The van der Waals surface area contributed by atoms with Gasteiger partial charge in [0, 0.05) is 30.4 Å². The fourth-order valence-corrected chi connectivity index (χ4v) is 2.35. The Morgan fingerprint density at radius 1 is 1.27 bits per heavy atom. The predicted molar refractivity (Wildman–Crippen MR) is 85.0 cm³/mol. The highest BCUT2D eigenvalue weighted by Gasteiger charge is 2.12. The first-order valence-corrected chi connectivity index (χ1v) is 7.18. The number of pyridine rings is 1. The quantitative estimate of drug-likeness (QED) is 0.857. The second-order valence-corrected chi connectivity index (χ2v) is 5.61. The summed E-state index contributed by atoms with van der Waals surface area (Å²) in [6.07, 6.45) is 1.63. The third-order valence-electron chi connectivity index (χ3n) is 3.32. The number of aliphatic carboxylic acids is 1. The molecule has 1 heterocycles. The number of benzene rings is 1. The summed E-state index contributed by atoms with van der Waals surface area (Å²) in [5.41, 5.74) is 2.56. The van der Waals surface area contributed by atoms with Crippen LogP contribution in [-0.4, -0.2) is 27.5 Å². The lowest BCUT2D eigenvalue weighted by atomic mass is 10.1. The summed E-state index contributed by atoms with van der Waals surface area (Å²) in [6.45, 7) is 2.69. The molecule has 0 aliphatic carbocycles. The average Bonchev–Trinajstić information content (AvgIpc) is 2.44. The Labute approximate surface area is 133 Å². The number of aryl methyl sites for hydroxylation is 1. The lowest BCUT2D eigenvalue weighted by molar-refractivity contribution is -0.138. The molecule has 2 rings (SSSR count). The maximum Gasteiger partial charge on any atom is 0.317 e. The number of aromatic nitrogens is 1. The van der Waals surface area contributed by atoms with Gasteiger partial charge in [0.15, 0.2) is 0 Å². The van der Waals surface area contributed by atoms with E-state index in [2.05, 4.69) is 4.98 Å². The van der Waals surface area contributed by atoms with Gasteiger partial charge in [-0.1, -0.05) is 23.7 Å². The van der Waals surface area contributed by atoms with E-state index in [0.29, 0.717) is 18.1 Å². The minimum Gasteiger partial charge on any atom is -0.480 e. The number of hydrogen-bond acceptors (Lipinski definition) is 3. The van der Waals surface area contributed by atoms with Crippen molar-refractivity contribution in [3.8, 4) is 0 Å². The lowest BCUT2D eigenvalue weighted by Gasteiger charge is -2.21. The van der Waals surface area contributed by atoms with Crippen LogP contribution in [0.15, 0.2) is 41.3 Å². The number of H-pyrrole nitrogens is 1. The molecule has 22 heavy (non-hydrogen) atoms. The van der Waals surface area contributed by atoms with E-state index in [-0.39, 0.29) is 12.1 Å². The van der Waals surface area contributed by atoms with E-state index in [4.69, 9.17) is 16.7 Å². The monoisotopic (exact) mass is 320 g/mol. The van der Waals surface area contributed by atoms with Crippen LogP contribution in [0.2, 0.25) is 5.02 Å². The summed E-state index contributed by atoms with van der Waals surface area (Å²) in [5.74, 6) is -0.893. The molecular formula is C16H17ClN2O3. The Kier molecular flexibility index (Phi) is 5.35. The number of hydrogen-bond donors (Lipinski definition) is 2. The van der Waals surface area contributed by atoms with Crippen molar-refractivity contribution in [2.45, 2.75) is 20.0 Å². The minimum atomic E-state index is -0.893. The molecule has 0 bridgehead atoms. The van der Waals surface area contributed by atoms with Crippen LogP contribution >= 0.6 is 11.6 Å². The van der Waals surface area contributed by atoms with Crippen molar-refractivity contribution in [3.05, 3.63) is 68.6 Å². The molecule has 6 heteroatoms. The summed E-state index contributed by atoms with van der Waals surface area (Å²) < 4.78 is 0. The number of nitrogens with zero attached hydrogens (tertiary/aromatic N) is 1. The SMILES string of the molecule is Cc1cc(=O)[nH]cc1CN(CC(=O)O)Cc1ccc(Cl)cc1. The normalized spacial score (nSPS) is 10.9. The standard InChI is InChI=1S/C16H17ClN2O3/c1-11-6-15(20)18-7-13(11)9-19(10-16(21)22)8-12-2-4-14(17)5-3-12/h2-7H,8-10H2,1H3,(H,18,20)(H,21,22). The van der Waals surface area contributed by atoms with E-state index in [1.165, 1.54) is 6.07 Å². The highest BCUT2D eigenvalue weighted by molar-refractivity contribution is 6.30. The summed E-state index contributed by atoms with van der Waals surface area (Å²) >= 11 is 5.86. The Morgan fingerprint density at radius 3 is 2.55 bits per heavy atom. The van der Waals surface area contributed by atoms with E-state index >= 15 is 0 Å². The summed E-state index contributed by atoms with van der Waals surface area (Å²) in [7, 11) is 0. The fraction of sp³-hybridized carbons (Fsp3) is 0.250. The van der Waals surface area contributed by atoms with Crippen molar-refractivity contribution in [1.82, 2.24) is 9.88 Å². The van der Waals surface area contributed by atoms with Gasteiger partial charge in [0.1, 0.15) is 0 Å². The molecule has 0 fully saturated rings. The van der Waals surface area contributed by atoms with Crippen LogP contribution in [0, 0.1) is 6.92 Å². The van der Waals surface area contributed by atoms with Crippen molar-refractivity contribution in [3.63, 3.8) is 0 Å². The molecule has 1 aromatic carbocycles. The number of carbonyl (C=O) groups is 1. The molecule has 0 atom stereocenters. The van der Waals surface area contributed by atoms with E-state index in [1.54, 1.807) is 23.2 Å². The molecule has 0 saturated heterocycles. The molecule has 0 saturated carbocycles. The highest BCUT2D eigenvalue weighted by Crippen LogP contribution is 2.14. The summed E-state index contributed by atoms with van der Waals surface area (Å²) in [4.78, 5) is 26.7. The number of nitrogens with one attached hydrogen (secondary N) is 1. The second-order valence-electron chi connectivity index (χ2n) is 5.17. The van der Waals surface area contributed by atoms with Crippen molar-refractivity contribution < 1.29 is 9.90 Å². The first kappa shape index (κ1) is 16.3. The molecule has 0 amide bonds. The number of aromatic amines is 1. The van der Waals surface area contributed by atoms with E-state index in [0.717, 1.165) is 16.7 Å². The third-order valence-corrected chi connectivity index (χ3v) is 3.57. The van der Waals surface area contributed by atoms with Gasteiger partial charge in [0.05, 0.1) is 6.54 Å². The van der Waals surface area contributed by atoms with Crippen molar-refractivity contribution >= 4 is 17.6 Å². The molecule has 0 aliphatic rings. The van der Waals surface area contributed by atoms with Gasteiger partial charge in [-0.15, -0.1) is 0 Å². The Balaban J connectivity index is 2.16. The maximum atomic E-state index is 11.3. The van der Waals surface area contributed by atoms with Crippen LogP contribution < -0.4 is 5.56 Å². The molecule has 116 valence electrons. The Morgan fingerprint density at radius 2 is 1.95 bits per heavy atom. The number of halogens is 1. The number of rotatable bonds is 6. The van der Waals surface area contributed by atoms with Crippen LogP contribution in [0.4, 0.5) is 0 Å². The summed E-state index contributed by atoms with van der Waals surface area (Å²) in [5, 5.41) is 9.72. The fourth-order valence-electron chi connectivity index (χ4n) is 2.22. The molecule has 2 N–H and O–H groups in total. The van der Waals surface area contributed by atoms with Gasteiger partial charge < -0.3 is 10.1 Å². The Bertz CT molecular complexity index is 710. The van der Waals surface area contributed by atoms with Gasteiger partial charge in [0.25, 0.3) is 0 Å². The third kappa shape index (κ3) is 4.72. The maximum absolute atomic E-state index is 11.3. The van der Waals surface area contributed by atoms with Gasteiger partial charge in [0.2, 0.25) is 5.56 Å². The van der Waals surface area contributed by atoms with Gasteiger partial charge in [-0.3, -0.25) is 14.5 Å². The van der Waals surface area contributed by atoms with Gasteiger partial charge in [-0.2, -0.15) is 0 Å². The largest absolute Gasteiger partial charge is 0.480 e. The minimum absolute atomic E-state index is 0.0821. The van der Waals surface area contributed by atoms with Crippen LogP contribution in [0.5, 0.6) is 0 Å². The second kappa shape index (κ2) is 7.24. The van der Waals surface area contributed by atoms with E-state index < -0.39 is 5.97 Å². The zero-order valence-corrected chi connectivity index (χ0v) is 12.9. The van der Waals surface area contributed by atoms with Crippen molar-refractivity contribution in [2.75, 3.05) is 6.54 Å². The van der Waals surface area contributed by atoms with Gasteiger partial charge in [-0.05, 0) is 35.7 Å². The molecule has 5 nitrogen and oxygen atoms in total. The van der Waals surface area contributed by atoms with Gasteiger partial charge >= 0.3 is 5.97 Å². The first-order chi connectivity index (χ1) is 10.4. The Hall–Kier alpha value is -2.11. The van der Waals surface area contributed by atoms with Crippen LogP contribution in [-0.2, 0) is 17.9 Å². The molecule has 0 aliphatic heterocycles. The van der Waals surface area contributed by atoms with Crippen LogP contribution in [0.25, 0.3) is 0 Å². The zero-order chi connectivity index (χ0) is 16.1. The number of carboxylic acids is 1. The molecule has 1 aromatic heterocycles. The summed E-state index contributed by atoms with van der Waals surface area (Å²) in [6, 6.07) is 8.81. The van der Waals surface area contributed by atoms with Crippen LogP contribution in [0.3, 0.4) is 0 Å². The lowest BCUT2D eigenvalue weighted by Crippen LogP contribution is -2.29. The predicted octanol–water partition coefficient (Wildman–Crippen LogP) is 2.42. The smallest absolute Gasteiger partial charge is 0.317 e. The van der Waals surface area contributed by atoms with E-state index in [9.17, 15) is 9.59 Å². The van der Waals surface area contributed by atoms with Gasteiger partial charge in [-0.25, -0.2) is 0 Å². The molecule has 2 aromatic rings. The van der Waals surface area contributed by atoms with Crippen molar-refractivity contribution in [1.29, 1.82) is 0 Å².